The van der Waals surface area contributed by atoms with Gasteiger partial charge < -0.3 is 14.4 Å². The van der Waals surface area contributed by atoms with Crippen LogP contribution < -0.4 is 4.74 Å². The molecule has 136 valence electrons. The fourth-order valence-electron chi connectivity index (χ4n) is 3.63. The van der Waals surface area contributed by atoms with Gasteiger partial charge in [-0.3, -0.25) is 4.79 Å². The number of hydrogen-bond acceptors (Lipinski definition) is 3. The molecular formula is C21H22FNO3. The second-order valence-corrected chi connectivity index (χ2v) is 6.86. The Labute approximate surface area is 152 Å². The second kappa shape index (κ2) is 7.46. The highest BCUT2D eigenvalue weighted by Crippen LogP contribution is 2.35. The van der Waals surface area contributed by atoms with Crippen LogP contribution >= 0.6 is 0 Å². The lowest BCUT2D eigenvalue weighted by atomic mass is 9.98. The Hall–Kier alpha value is -2.40. The van der Waals surface area contributed by atoms with Crippen molar-refractivity contribution in [2.45, 2.75) is 31.5 Å². The molecule has 2 aromatic rings. The summed E-state index contributed by atoms with van der Waals surface area (Å²) < 4.78 is 24.5. The van der Waals surface area contributed by atoms with E-state index in [0.717, 1.165) is 29.7 Å². The zero-order valence-corrected chi connectivity index (χ0v) is 14.6. The Kier molecular flexibility index (Phi) is 4.89. The van der Waals surface area contributed by atoms with Gasteiger partial charge in [0.15, 0.2) is 0 Å². The smallest absolute Gasteiger partial charge is 0.233 e. The molecule has 2 heterocycles. The summed E-state index contributed by atoms with van der Waals surface area (Å²) in [5.41, 5.74) is 1.96. The Morgan fingerprint density at radius 2 is 1.85 bits per heavy atom. The SMILES string of the molecule is O=C([C@@H]1COc2ccccc21)N1CCC(OCc2ccc(F)cc2)CC1. The van der Waals surface area contributed by atoms with Gasteiger partial charge in [-0.2, -0.15) is 0 Å². The Morgan fingerprint density at radius 1 is 1.12 bits per heavy atom. The minimum Gasteiger partial charge on any atom is -0.492 e. The lowest BCUT2D eigenvalue weighted by molar-refractivity contribution is -0.135. The van der Waals surface area contributed by atoms with Crippen LogP contribution in [0.15, 0.2) is 48.5 Å². The van der Waals surface area contributed by atoms with Crippen molar-refractivity contribution in [1.29, 1.82) is 0 Å². The van der Waals surface area contributed by atoms with Crippen molar-refractivity contribution >= 4 is 5.91 Å². The van der Waals surface area contributed by atoms with Crippen LogP contribution in [0.2, 0.25) is 0 Å². The van der Waals surface area contributed by atoms with Crippen LogP contribution in [-0.4, -0.2) is 36.6 Å². The number of halogens is 1. The molecule has 5 heteroatoms. The maximum absolute atomic E-state index is 12.9. The Bertz CT molecular complexity index is 769. The highest BCUT2D eigenvalue weighted by molar-refractivity contribution is 5.85. The van der Waals surface area contributed by atoms with Gasteiger partial charge in [-0.05, 0) is 36.6 Å². The predicted molar refractivity (Wildman–Crippen MR) is 95.5 cm³/mol. The van der Waals surface area contributed by atoms with Crippen LogP contribution in [0.1, 0.15) is 29.9 Å². The molecule has 1 amide bonds. The fraction of sp³-hybridized carbons (Fsp3) is 0.381. The van der Waals surface area contributed by atoms with Gasteiger partial charge in [0.25, 0.3) is 0 Å². The minimum absolute atomic E-state index is 0.135. The Morgan fingerprint density at radius 3 is 2.62 bits per heavy atom. The van der Waals surface area contributed by atoms with Crippen molar-refractivity contribution in [2.75, 3.05) is 19.7 Å². The average Bonchev–Trinajstić information content (AvgIpc) is 3.11. The number of amides is 1. The molecule has 0 bridgehead atoms. The third-order valence-corrected chi connectivity index (χ3v) is 5.15. The first-order valence-electron chi connectivity index (χ1n) is 9.07. The lowest BCUT2D eigenvalue weighted by Crippen LogP contribution is -2.43. The molecule has 0 unspecified atom stereocenters. The van der Waals surface area contributed by atoms with Crippen LogP contribution in [0.4, 0.5) is 4.39 Å². The number of ether oxygens (including phenoxy) is 2. The number of carbonyl (C=O) groups is 1. The number of benzene rings is 2. The van der Waals surface area contributed by atoms with Gasteiger partial charge in [-0.1, -0.05) is 30.3 Å². The molecule has 0 N–H and O–H groups in total. The highest BCUT2D eigenvalue weighted by atomic mass is 19.1. The molecule has 0 radical (unpaired) electrons. The van der Waals surface area contributed by atoms with Crippen molar-refractivity contribution in [3.05, 3.63) is 65.5 Å². The molecule has 2 aliphatic rings. The number of likely N-dealkylation sites (tertiary alicyclic amines) is 1. The fourth-order valence-corrected chi connectivity index (χ4v) is 3.63. The van der Waals surface area contributed by atoms with Gasteiger partial charge in [0.2, 0.25) is 5.91 Å². The largest absolute Gasteiger partial charge is 0.492 e. The minimum atomic E-state index is -0.238. The van der Waals surface area contributed by atoms with Gasteiger partial charge in [-0.15, -0.1) is 0 Å². The number of piperidine rings is 1. The van der Waals surface area contributed by atoms with Gasteiger partial charge in [0, 0.05) is 18.7 Å². The maximum atomic E-state index is 12.9. The molecule has 2 aromatic carbocycles. The first-order chi connectivity index (χ1) is 12.7. The third kappa shape index (κ3) is 3.58. The van der Waals surface area contributed by atoms with E-state index in [9.17, 15) is 9.18 Å². The van der Waals surface area contributed by atoms with Crippen LogP contribution in [-0.2, 0) is 16.1 Å². The van der Waals surface area contributed by atoms with Gasteiger partial charge in [0.05, 0.1) is 12.7 Å². The number of carbonyl (C=O) groups excluding carboxylic acids is 1. The molecule has 1 atom stereocenters. The normalized spacial score (nSPS) is 19.9. The first-order valence-corrected chi connectivity index (χ1v) is 9.07. The van der Waals surface area contributed by atoms with E-state index in [0.29, 0.717) is 26.3 Å². The molecule has 0 saturated carbocycles. The number of nitrogens with zero attached hydrogens (tertiary/aromatic N) is 1. The summed E-state index contributed by atoms with van der Waals surface area (Å²) in [5.74, 6) is 0.538. The molecule has 0 aromatic heterocycles. The number of hydrogen-bond donors (Lipinski definition) is 0. The standard InChI is InChI=1S/C21H22FNO3/c22-16-7-5-15(6-8-16)13-25-17-9-11-23(12-10-17)21(24)19-14-26-20-4-2-1-3-18(19)20/h1-8,17,19H,9-14H2/t19-/m1/s1. The van der Waals surface area contributed by atoms with Crippen LogP contribution in [0.25, 0.3) is 0 Å². The van der Waals surface area contributed by atoms with E-state index in [1.807, 2.05) is 29.2 Å². The van der Waals surface area contributed by atoms with Gasteiger partial charge >= 0.3 is 0 Å². The summed E-state index contributed by atoms with van der Waals surface area (Å²) in [6.45, 7) is 2.30. The summed E-state index contributed by atoms with van der Waals surface area (Å²) in [5, 5.41) is 0. The number of rotatable bonds is 4. The molecule has 1 fully saturated rings. The van der Waals surface area contributed by atoms with E-state index in [4.69, 9.17) is 9.47 Å². The van der Waals surface area contributed by atoms with E-state index in [1.54, 1.807) is 12.1 Å². The molecule has 4 rings (SSSR count). The van der Waals surface area contributed by atoms with E-state index < -0.39 is 0 Å². The molecule has 2 aliphatic heterocycles. The monoisotopic (exact) mass is 355 g/mol. The molecule has 4 nitrogen and oxygen atoms in total. The second-order valence-electron chi connectivity index (χ2n) is 6.86. The average molecular weight is 355 g/mol. The molecule has 0 aliphatic carbocycles. The summed E-state index contributed by atoms with van der Waals surface area (Å²) in [7, 11) is 0. The molecular weight excluding hydrogens is 333 g/mol. The van der Waals surface area contributed by atoms with Crippen LogP contribution in [0.3, 0.4) is 0 Å². The summed E-state index contributed by atoms with van der Waals surface area (Å²) in [6.07, 6.45) is 1.78. The van der Waals surface area contributed by atoms with E-state index in [2.05, 4.69) is 0 Å². The van der Waals surface area contributed by atoms with Crippen LogP contribution in [0, 0.1) is 5.82 Å². The number of para-hydroxylation sites is 1. The van der Waals surface area contributed by atoms with Crippen molar-refractivity contribution < 1.29 is 18.7 Å². The maximum Gasteiger partial charge on any atom is 0.233 e. The van der Waals surface area contributed by atoms with E-state index >= 15 is 0 Å². The van der Waals surface area contributed by atoms with Crippen molar-refractivity contribution in [1.82, 2.24) is 4.90 Å². The molecule has 0 spiro atoms. The Balaban J connectivity index is 1.28. The van der Waals surface area contributed by atoms with E-state index in [-0.39, 0.29) is 23.7 Å². The zero-order chi connectivity index (χ0) is 17.9. The lowest BCUT2D eigenvalue weighted by Gasteiger charge is -2.33. The molecule has 1 saturated heterocycles. The summed E-state index contributed by atoms with van der Waals surface area (Å²) in [6, 6.07) is 14.1. The number of fused-ring (bicyclic) bond motifs is 1. The summed E-state index contributed by atoms with van der Waals surface area (Å²) >= 11 is 0. The van der Waals surface area contributed by atoms with Crippen molar-refractivity contribution in [2.24, 2.45) is 0 Å². The van der Waals surface area contributed by atoms with Crippen LogP contribution in [0.5, 0.6) is 5.75 Å². The topological polar surface area (TPSA) is 38.8 Å². The van der Waals surface area contributed by atoms with Gasteiger partial charge in [0.1, 0.15) is 24.1 Å². The van der Waals surface area contributed by atoms with Gasteiger partial charge in [-0.25, -0.2) is 4.39 Å². The molecule has 26 heavy (non-hydrogen) atoms. The van der Waals surface area contributed by atoms with Crippen molar-refractivity contribution in [3.8, 4) is 5.75 Å². The zero-order valence-electron chi connectivity index (χ0n) is 14.6. The highest BCUT2D eigenvalue weighted by Gasteiger charge is 2.34. The third-order valence-electron chi connectivity index (χ3n) is 5.15. The summed E-state index contributed by atoms with van der Waals surface area (Å²) in [4.78, 5) is 14.8. The van der Waals surface area contributed by atoms with E-state index in [1.165, 1.54) is 12.1 Å². The quantitative estimate of drug-likeness (QED) is 0.842. The van der Waals surface area contributed by atoms with Crippen molar-refractivity contribution in [3.63, 3.8) is 0 Å². The predicted octanol–water partition coefficient (Wildman–Crippen LogP) is 3.51. The first kappa shape index (κ1) is 17.0.